The van der Waals surface area contributed by atoms with Gasteiger partial charge in [-0.2, -0.15) is 0 Å². The largest absolute Gasteiger partial charge is 0.351 e. The highest BCUT2D eigenvalue weighted by Gasteiger charge is 2.49. The van der Waals surface area contributed by atoms with Crippen molar-refractivity contribution in [2.75, 3.05) is 13.1 Å². The van der Waals surface area contributed by atoms with Crippen LogP contribution >= 0.6 is 0 Å². The van der Waals surface area contributed by atoms with Gasteiger partial charge in [-0.25, -0.2) is 4.79 Å². The van der Waals surface area contributed by atoms with E-state index in [1.54, 1.807) is 6.92 Å². The summed E-state index contributed by atoms with van der Waals surface area (Å²) in [6, 6.07) is 7.06. The minimum atomic E-state index is -1.15. The number of amides is 4. The van der Waals surface area contributed by atoms with Crippen molar-refractivity contribution >= 4 is 17.8 Å². The minimum absolute atomic E-state index is 0.290. The lowest BCUT2D eigenvalue weighted by atomic mass is 9.91. The number of carbonyl (C=O) groups is 3. The average molecular weight is 329 g/mol. The van der Waals surface area contributed by atoms with Crippen LogP contribution in [0.1, 0.15) is 31.4 Å². The normalized spacial score (nSPS) is 20.0. The summed E-state index contributed by atoms with van der Waals surface area (Å²) in [6.45, 7) is 7.25. The van der Waals surface area contributed by atoms with Gasteiger partial charge in [-0.05, 0) is 24.5 Å². The molecule has 0 aliphatic carbocycles. The van der Waals surface area contributed by atoms with E-state index in [-0.39, 0.29) is 6.54 Å². The molecule has 4 amide bonds. The highest BCUT2D eigenvalue weighted by molar-refractivity contribution is 6.09. The maximum Gasteiger partial charge on any atom is 0.325 e. The van der Waals surface area contributed by atoms with Gasteiger partial charge in [-0.1, -0.05) is 43.7 Å². The third kappa shape index (κ3) is 3.48. The number of hydrogen-bond donors (Lipinski definition) is 2. The third-order valence-electron chi connectivity index (χ3n) is 4.09. The van der Waals surface area contributed by atoms with Crippen molar-refractivity contribution < 1.29 is 14.4 Å². The summed E-state index contributed by atoms with van der Waals surface area (Å²) >= 11 is 0. The van der Waals surface area contributed by atoms with Gasteiger partial charge < -0.3 is 10.6 Å². The highest BCUT2D eigenvalue weighted by atomic mass is 16.2. The number of rotatable bonds is 7. The topological polar surface area (TPSA) is 78.5 Å². The third-order valence-corrected chi connectivity index (χ3v) is 4.09. The molecule has 0 bridgehead atoms. The van der Waals surface area contributed by atoms with E-state index in [0.717, 1.165) is 17.7 Å². The molecule has 6 heteroatoms. The highest BCUT2D eigenvalue weighted by Crippen LogP contribution is 2.29. The first-order chi connectivity index (χ1) is 11.4. The van der Waals surface area contributed by atoms with Gasteiger partial charge >= 0.3 is 6.03 Å². The number of aryl methyl sites for hydroxylation is 1. The van der Waals surface area contributed by atoms with E-state index < -0.39 is 23.4 Å². The van der Waals surface area contributed by atoms with Crippen molar-refractivity contribution in [3.63, 3.8) is 0 Å². The Morgan fingerprint density at radius 2 is 2.00 bits per heavy atom. The van der Waals surface area contributed by atoms with Crippen molar-refractivity contribution in [3.05, 3.63) is 48.0 Å². The lowest BCUT2D eigenvalue weighted by Gasteiger charge is -2.22. The van der Waals surface area contributed by atoms with E-state index in [2.05, 4.69) is 24.1 Å². The fraction of sp³-hybridized carbons (Fsp3) is 0.389. The van der Waals surface area contributed by atoms with Crippen LogP contribution in [0.4, 0.5) is 4.79 Å². The Bertz CT molecular complexity index is 654. The number of benzene rings is 1. The zero-order chi connectivity index (χ0) is 17.7. The van der Waals surface area contributed by atoms with E-state index in [0.29, 0.717) is 12.1 Å². The Morgan fingerprint density at radius 1 is 1.33 bits per heavy atom. The fourth-order valence-corrected chi connectivity index (χ4v) is 2.72. The molecule has 0 aromatic heterocycles. The average Bonchev–Trinajstić information content (AvgIpc) is 2.78. The number of hydrogen-bond acceptors (Lipinski definition) is 3. The smallest absolute Gasteiger partial charge is 0.325 e. The van der Waals surface area contributed by atoms with Gasteiger partial charge in [0.2, 0.25) is 5.91 Å². The molecule has 0 saturated carbocycles. The van der Waals surface area contributed by atoms with E-state index >= 15 is 0 Å². The van der Waals surface area contributed by atoms with Gasteiger partial charge in [0.05, 0.1) is 0 Å². The predicted molar refractivity (Wildman–Crippen MR) is 91.2 cm³/mol. The summed E-state index contributed by atoms with van der Waals surface area (Å²) in [5.41, 5.74) is 0.734. The summed E-state index contributed by atoms with van der Waals surface area (Å²) in [5.74, 6) is -0.828. The van der Waals surface area contributed by atoms with Crippen LogP contribution in [0.5, 0.6) is 0 Å². The van der Waals surface area contributed by atoms with Crippen molar-refractivity contribution in [3.8, 4) is 0 Å². The Kier molecular flexibility index (Phi) is 5.39. The second-order valence-electron chi connectivity index (χ2n) is 5.99. The van der Waals surface area contributed by atoms with E-state index in [1.165, 1.54) is 11.6 Å². The van der Waals surface area contributed by atoms with Crippen molar-refractivity contribution in [2.24, 2.45) is 0 Å². The van der Waals surface area contributed by atoms with Gasteiger partial charge in [0.15, 0.2) is 0 Å². The predicted octanol–water partition coefficient (Wildman–Crippen LogP) is 1.71. The monoisotopic (exact) mass is 329 g/mol. The zero-order valence-electron chi connectivity index (χ0n) is 14.1. The number of nitrogens with zero attached hydrogens (tertiary/aromatic N) is 1. The van der Waals surface area contributed by atoms with Crippen molar-refractivity contribution in [2.45, 2.75) is 32.2 Å². The fourth-order valence-electron chi connectivity index (χ4n) is 2.72. The molecule has 1 unspecified atom stereocenters. The maximum absolute atomic E-state index is 12.7. The molecule has 1 saturated heterocycles. The number of urea groups is 1. The maximum atomic E-state index is 12.7. The number of nitrogens with one attached hydrogen (secondary N) is 2. The van der Waals surface area contributed by atoms with Crippen molar-refractivity contribution in [1.29, 1.82) is 0 Å². The number of carbonyl (C=O) groups excluding carboxylic acids is 3. The summed E-state index contributed by atoms with van der Waals surface area (Å²) in [7, 11) is 0. The van der Waals surface area contributed by atoms with Gasteiger partial charge in [0.25, 0.3) is 5.91 Å². The molecule has 0 spiro atoms. The molecule has 1 fully saturated rings. The first-order valence-corrected chi connectivity index (χ1v) is 8.03. The second kappa shape index (κ2) is 7.29. The molecule has 1 aliphatic rings. The van der Waals surface area contributed by atoms with Crippen LogP contribution in [-0.4, -0.2) is 35.8 Å². The van der Waals surface area contributed by atoms with Crippen LogP contribution in [0, 0.1) is 0 Å². The van der Waals surface area contributed by atoms with E-state index in [9.17, 15) is 14.4 Å². The van der Waals surface area contributed by atoms with Gasteiger partial charge in [-0.15, -0.1) is 6.58 Å². The molecular weight excluding hydrogens is 306 g/mol. The number of imide groups is 1. The first kappa shape index (κ1) is 17.7. The summed E-state index contributed by atoms with van der Waals surface area (Å²) < 4.78 is 0. The van der Waals surface area contributed by atoms with Crippen LogP contribution in [0.3, 0.4) is 0 Å². The Morgan fingerprint density at radius 3 is 2.58 bits per heavy atom. The molecule has 1 atom stereocenters. The molecule has 2 N–H and O–H groups in total. The molecule has 1 aromatic rings. The Labute approximate surface area is 141 Å². The zero-order valence-corrected chi connectivity index (χ0v) is 14.1. The molecule has 1 aromatic carbocycles. The SMILES string of the molecule is C=CCNC(=O)CN1C(=O)NC(C)(c2ccc(CCC)cc2)C1=O. The van der Waals surface area contributed by atoms with Crippen LogP contribution < -0.4 is 10.6 Å². The standard InChI is InChI=1S/C18H23N3O3/c1-4-6-13-7-9-14(10-8-13)18(3)16(23)21(17(24)20-18)12-15(22)19-11-5-2/h5,7-10H,2,4,6,11-12H2,1,3H3,(H,19,22)(H,20,24). The van der Waals surface area contributed by atoms with Crippen LogP contribution in [0.2, 0.25) is 0 Å². The lowest BCUT2D eigenvalue weighted by molar-refractivity contribution is -0.134. The molecule has 2 rings (SSSR count). The van der Waals surface area contributed by atoms with Gasteiger partial charge in [0.1, 0.15) is 12.1 Å². The van der Waals surface area contributed by atoms with E-state index in [1.807, 2.05) is 24.3 Å². The Balaban J connectivity index is 2.16. The second-order valence-corrected chi connectivity index (χ2v) is 5.99. The summed E-state index contributed by atoms with van der Waals surface area (Å²) in [5, 5.41) is 5.25. The molecule has 6 nitrogen and oxygen atoms in total. The molecule has 1 aliphatic heterocycles. The quantitative estimate of drug-likeness (QED) is 0.590. The van der Waals surface area contributed by atoms with Crippen molar-refractivity contribution in [1.82, 2.24) is 15.5 Å². The van der Waals surface area contributed by atoms with Crippen LogP contribution in [-0.2, 0) is 21.5 Å². The Hall–Kier alpha value is -2.63. The van der Waals surface area contributed by atoms with Gasteiger partial charge in [0, 0.05) is 6.54 Å². The summed E-state index contributed by atoms with van der Waals surface area (Å²) in [6.07, 6.45) is 3.54. The molecule has 1 heterocycles. The van der Waals surface area contributed by atoms with Crippen LogP contribution in [0.15, 0.2) is 36.9 Å². The molecule has 0 radical (unpaired) electrons. The molecular formula is C18H23N3O3. The first-order valence-electron chi connectivity index (χ1n) is 8.03. The van der Waals surface area contributed by atoms with E-state index in [4.69, 9.17) is 0 Å². The van der Waals surface area contributed by atoms with Crippen LogP contribution in [0.25, 0.3) is 0 Å². The molecule has 128 valence electrons. The molecule has 24 heavy (non-hydrogen) atoms. The van der Waals surface area contributed by atoms with Gasteiger partial charge in [-0.3, -0.25) is 14.5 Å². The lowest BCUT2D eigenvalue weighted by Crippen LogP contribution is -2.43. The minimum Gasteiger partial charge on any atom is -0.351 e. The summed E-state index contributed by atoms with van der Waals surface area (Å²) in [4.78, 5) is 37.6.